The minimum atomic E-state index is -3.90. The van der Waals surface area contributed by atoms with Crippen molar-refractivity contribution in [2.75, 3.05) is 25.5 Å². The molecule has 0 aliphatic heterocycles. The monoisotopic (exact) mass is 407 g/mol. The maximum absolute atomic E-state index is 12.5. The van der Waals surface area contributed by atoms with Crippen molar-refractivity contribution < 1.29 is 22.7 Å². The standard InChI is InChI=1S/C16H25N3O5S.ClH/c1-4-16(5-2,11-17)15(21)19-12-7-6-8-13(9-12)25(22,23)18-10-14(20)24-3;/h6-9,18H,4-5,10-11,17H2,1-3H3,(H,19,21);1H. The second kappa shape index (κ2) is 10.5. The Morgan fingerprint density at radius 2 is 1.85 bits per heavy atom. The number of halogens is 1. The third-order valence-electron chi connectivity index (χ3n) is 4.26. The minimum absolute atomic E-state index is 0. The molecule has 1 aromatic carbocycles. The van der Waals surface area contributed by atoms with Crippen LogP contribution in [0.4, 0.5) is 5.69 Å². The van der Waals surface area contributed by atoms with Crippen molar-refractivity contribution in [3.8, 4) is 0 Å². The molecule has 1 aromatic rings. The summed E-state index contributed by atoms with van der Waals surface area (Å²) >= 11 is 0. The molecule has 148 valence electrons. The number of benzene rings is 1. The quantitative estimate of drug-likeness (QED) is 0.529. The number of sulfonamides is 1. The van der Waals surface area contributed by atoms with E-state index < -0.39 is 28.0 Å². The zero-order chi connectivity index (χ0) is 19.1. The second-order valence-electron chi connectivity index (χ2n) is 5.57. The number of hydrogen-bond donors (Lipinski definition) is 3. The second-order valence-corrected chi connectivity index (χ2v) is 7.34. The third kappa shape index (κ3) is 5.94. The summed E-state index contributed by atoms with van der Waals surface area (Å²) in [5, 5.41) is 2.72. The van der Waals surface area contributed by atoms with Gasteiger partial charge < -0.3 is 15.8 Å². The van der Waals surface area contributed by atoms with Crippen molar-refractivity contribution in [1.29, 1.82) is 0 Å². The molecule has 10 heteroatoms. The van der Waals surface area contributed by atoms with Crippen LogP contribution < -0.4 is 15.8 Å². The van der Waals surface area contributed by atoms with E-state index in [-0.39, 0.29) is 29.8 Å². The predicted molar refractivity (Wildman–Crippen MR) is 102 cm³/mol. The van der Waals surface area contributed by atoms with Gasteiger partial charge >= 0.3 is 5.97 Å². The van der Waals surface area contributed by atoms with Crippen LogP contribution in [0.2, 0.25) is 0 Å². The first kappa shape index (κ1) is 24.3. The van der Waals surface area contributed by atoms with E-state index in [1.807, 2.05) is 13.8 Å². The van der Waals surface area contributed by atoms with Gasteiger partial charge in [-0.1, -0.05) is 19.9 Å². The van der Waals surface area contributed by atoms with Crippen molar-refractivity contribution in [1.82, 2.24) is 4.72 Å². The molecule has 4 N–H and O–H groups in total. The highest BCUT2D eigenvalue weighted by Crippen LogP contribution is 2.27. The van der Waals surface area contributed by atoms with Gasteiger partial charge in [-0.3, -0.25) is 9.59 Å². The summed E-state index contributed by atoms with van der Waals surface area (Å²) in [7, 11) is -2.74. The molecule has 0 aromatic heterocycles. The number of nitrogens with one attached hydrogen (secondary N) is 2. The summed E-state index contributed by atoms with van der Waals surface area (Å²) in [5.41, 5.74) is 5.40. The van der Waals surface area contributed by atoms with Crippen molar-refractivity contribution in [2.24, 2.45) is 11.1 Å². The SMILES string of the molecule is CCC(CC)(CN)C(=O)Nc1cccc(S(=O)(=O)NCC(=O)OC)c1.Cl. The molecule has 26 heavy (non-hydrogen) atoms. The van der Waals surface area contributed by atoms with Gasteiger partial charge in [0.05, 0.1) is 17.4 Å². The molecule has 0 radical (unpaired) electrons. The van der Waals surface area contributed by atoms with E-state index in [9.17, 15) is 18.0 Å². The first-order chi connectivity index (χ1) is 11.7. The van der Waals surface area contributed by atoms with Gasteiger partial charge in [0.15, 0.2) is 0 Å². The summed E-state index contributed by atoms with van der Waals surface area (Å²) in [4.78, 5) is 23.6. The smallest absolute Gasteiger partial charge is 0.320 e. The lowest BCUT2D eigenvalue weighted by Gasteiger charge is -2.28. The number of nitrogens with two attached hydrogens (primary N) is 1. The van der Waals surface area contributed by atoms with E-state index in [2.05, 4.69) is 14.8 Å². The van der Waals surface area contributed by atoms with Crippen molar-refractivity contribution in [3.05, 3.63) is 24.3 Å². The zero-order valence-corrected chi connectivity index (χ0v) is 16.7. The fourth-order valence-corrected chi connectivity index (χ4v) is 3.28. The van der Waals surface area contributed by atoms with Gasteiger partial charge in [-0.2, -0.15) is 4.72 Å². The molecule has 0 aliphatic rings. The van der Waals surface area contributed by atoms with Gasteiger partial charge in [0.1, 0.15) is 6.54 Å². The number of methoxy groups -OCH3 is 1. The molecule has 0 bridgehead atoms. The number of ether oxygens (including phenoxy) is 1. The van der Waals surface area contributed by atoms with Crippen LogP contribution in [0, 0.1) is 5.41 Å². The number of rotatable bonds is 9. The molecule has 0 aliphatic carbocycles. The lowest BCUT2D eigenvalue weighted by Crippen LogP contribution is -2.41. The first-order valence-electron chi connectivity index (χ1n) is 7.92. The summed E-state index contributed by atoms with van der Waals surface area (Å²) in [6, 6.07) is 5.78. The van der Waals surface area contributed by atoms with E-state index in [4.69, 9.17) is 5.73 Å². The number of carbonyl (C=O) groups is 2. The highest BCUT2D eigenvalue weighted by Gasteiger charge is 2.33. The highest BCUT2D eigenvalue weighted by atomic mass is 35.5. The topological polar surface area (TPSA) is 128 Å². The van der Waals surface area contributed by atoms with Crippen LogP contribution in [0.15, 0.2) is 29.2 Å². The molecule has 0 saturated carbocycles. The Balaban J connectivity index is 0.00000625. The number of esters is 1. The van der Waals surface area contributed by atoms with E-state index in [0.717, 1.165) is 7.11 Å². The van der Waals surface area contributed by atoms with Crippen LogP contribution >= 0.6 is 12.4 Å². The van der Waals surface area contributed by atoms with Crippen LogP contribution in [0.3, 0.4) is 0 Å². The number of amides is 1. The first-order valence-corrected chi connectivity index (χ1v) is 9.41. The van der Waals surface area contributed by atoms with Crippen molar-refractivity contribution >= 4 is 40.0 Å². The summed E-state index contributed by atoms with van der Waals surface area (Å²) in [6.07, 6.45) is 1.15. The lowest BCUT2D eigenvalue weighted by molar-refractivity contribution is -0.139. The molecule has 0 unspecified atom stereocenters. The van der Waals surface area contributed by atoms with Gasteiger partial charge in [-0.05, 0) is 31.0 Å². The van der Waals surface area contributed by atoms with E-state index in [0.29, 0.717) is 18.5 Å². The average Bonchev–Trinajstić information content (AvgIpc) is 2.62. The summed E-state index contributed by atoms with van der Waals surface area (Å²) in [6.45, 7) is 3.49. The average molecular weight is 408 g/mol. The maximum Gasteiger partial charge on any atom is 0.320 e. The summed E-state index contributed by atoms with van der Waals surface area (Å²) < 4.78 is 30.9. The Bertz CT molecular complexity index is 712. The van der Waals surface area contributed by atoms with E-state index >= 15 is 0 Å². The summed E-state index contributed by atoms with van der Waals surface area (Å²) in [5.74, 6) is -0.955. The Kier molecular flexibility index (Phi) is 9.79. The largest absolute Gasteiger partial charge is 0.468 e. The van der Waals surface area contributed by atoms with E-state index in [1.54, 1.807) is 6.07 Å². The molecule has 1 rings (SSSR count). The van der Waals surface area contributed by atoms with Gasteiger partial charge in [-0.25, -0.2) is 8.42 Å². The van der Waals surface area contributed by atoms with Crippen LogP contribution in [0.5, 0.6) is 0 Å². The highest BCUT2D eigenvalue weighted by molar-refractivity contribution is 7.89. The number of anilines is 1. The van der Waals surface area contributed by atoms with Gasteiger partial charge in [0.25, 0.3) is 0 Å². The van der Waals surface area contributed by atoms with Crippen LogP contribution in [-0.2, 0) is 24.3 Å². The van der Waals surface area contributed by atoms with Gasteiger partial charge in [0, 0.05) is 12.2 Å². The molecule has 0 saturated heterocycles. The molecular formula is C16H26ClN3O5S. The van der Waals surface area contributed by atoms with Gasteiger partial charge in [-0.15, -0.1) is 12.4 Å². The van der Waals surface area contributed by atoms with Crippen LogP contribution in [-0.4, -0.2) is 40.5 Å². The maximum atomic E-state index is 12.5. The molecule has 8 nitrogen and oxygen atoms in total. The van der Waals surface area contributed by atoms with Crippen molar-refractivity contribution in [2.45, 2.75) is 31.6 Å². The Morgan fingerprint density at radius 3 is 2.35 bits per heavy atom. The fourth-order valence-electron chi connectivity index (χ4n) is 2.27. The molecule has 1 amide bonds. The number of carbonyl (C=O) groups excluding carboxylic acids is 2. The fraction of sp³-hybridized carbons (Fsp3) is 0.500. The molecule has 0 spiro atoms. The van der Waals surface area contributed by atoms with Gasteiger partial charge in [0.2, 0.25) is 15.9 Å². The van der Waals surface area contributed by atoms with Crippen LogP contribution in [0.1, 0.15) is 26.7 Å². The number of hydrogen-bond acceptors (Lipinski definition) is 6. The molecule has 0 atom stereocenters. The Morgan fingerprint density at radius 1 is 1.23 bits per heavy atom. The zero-order valence-electron chi connectivity index (χ0n) is 15.1. The molecular weight excluding hydrogens is 382 g/mol. The Labute approximate surface area is 160 Å². The third-order valence-corrected chi connectivity index (χ3v) is 5.66. The minimum Gasteiger partial charge on any atom is -0.468 e. The predicted octanol–water partition coefficient (Wildman–Crippen LogP) is 1.26. The molecule has 0 heterocycles. The Hall–Kier alpha value is -1.68. The van der Waals surface area contributed by atoms with Crippen LogP contribution in [0.25, 0.3) is 0 Å². The lowest BCUT2D eigenvalue weighted by atomic mass is 9.81. The van der Waals surface area contributed by atoms with E-state index in [1.165, 1.54) is 18.2 Å². The molecule has 0 fully saturated rings. The normalized spacial score (nSPS) is 11.4. The van der Waals surface area contributed by atoms with Crippen molar-refractivity contribution in [3.63, 3.8) is 0 Å².